The second kappa shape index (κ2) is 6.96. The predicted molar refractivity (Wildman–Crippen MR) is 80.9 cm³/mol. The number of carbonyl (C=O) groups is 1. The molecule has 0 spiro atoms. The van der Waals surface area contributed by atoms with Crippen molar-refractivity contribution in [2.24, 2.45) is 0 Å². The van der Waals surface area contributed by atoms with Gasteiger partial charge in [-0.3, -0.25) is 4.79 Å². The highest BCUT2D eigenvalue weighted by Crippen LogP contribution is 2.24. The van der Waals surface area contributed by atoms with Crippen LogP contribution in [0.1, 0.15) is 26.2 Å². The van der Waals surface area contributed by atoms with E-state index in [9.17, 15) is 4.79 Å². The fourth-order valence-corrected chi connectivity index (χ4v) is 3.17. The topological polar surface area (TPSA) is 33.5 Å². The first-order valence-corrected chi connectivity index (χ1v) is 8.23. The van der Waals surface area contributed by atoms with E-state index in [-0.39, 0.29) is 11.9 Å². The van der Waals surface area contributed by atoms with Gasteiger partial charge in [-0.1, -0.05) is 12.1 Å². The molecule has 1 atom stereocenters. The highest BCUT2D eigenvalue weighted by atomic mass is 32.2. The molecule has 0 bridgehead atoms. The number of thioether (sulfide) groups is 1. The average Bonchev–Trinajstić information content (AvgIpc) is 2.48. The minimum atomic E-state index is 0.0372. The summed E-state index contributed by atoms with van der Waals surface area (Å²) >= 11 is 1.66. The molecule has 1 aromatic carbocycles. The van der Waals surface area contributed by atoms with Crippen molar-refractivity contribution in [2.45, 2.75) is 37.1 Å². The fourth-order valence-electron chi connectivity index (χ4n) is 2.61. The van der Waals surface area contributed by atoms with Crippen molar-refractivity contribution in [2.75, 3.05) is 24.7 Å². The van der Waals surface area contributed by atoms with Crippen molar-refractivity contribution < 1.29 is 9.69 Å². The van der Waals surface area contributed by atoms with Crippen LogP contribution in [0, 0.1) is 0 Å². The molecule has 3 nitrogen and oxygen atoms in total. The maximum atomic E-state index is 12.3. The number of quaternary nitrogens is 1. The Labute approximate surface area is 119 Å². The molecule has 1 saturated heterocycles. The summed E-state index contributed by atoms with van der Waals surface area (Å²) in [5, 5.41) is 3.08. The number of anilines is 1. The molecule has 0 aliphatic carbocycles. The number of rotatable bonds is 4. The molecular weight excluding hydrogens is 256 g/mol. The summed E-state index contributed by atoms with van der Waals surface area (Å²) < 4.78 is 0. The van der Waals surface area contributed by atoms with E-state index in [2.05, 4.69) is 5.32 Å². The minimum Gasteiger partial charge on any atom is -0.325 e. The summed E-state index contributed by atoms with van der Waals surface area (Å²) in [6, 6.07) is 8.02. The first-order chi connectivity index (χ1) is 9.22. The number of benzene rings is 1. The van der Waals surface area contributed by atoms with E-state index in [1.54, 1.807) is 11.8 Å². The third-order valence-electron chi connectivity index (χ3n) is 3.87. The molecule has 1 fully saturated rings. The summed E-state index contributed by atoms with van der Waals surface area (Å²) in [6.07, 6.45) is 5.83. The van der Waals surface area contributed by atoms with Crippen LogP contribution in [-0.2, 0) is 4.79 Å². The standard InChI is InChI=1S/C15H22N2OS/c1-12(17-10-6-3-7-11-17)15(18)16-13-8-4-5-9-14(13)19-2/h4-5,8-9,12H,3,6-7,10-11H2,1-2H3,(H,16,18)/p+1/t12-/m1/s1. The van der Waals surface area contributed by atoms with E-state index in [0.29, 0.717) is 0 Å². The monoisotopic (exact) mass is 279 g/mol. The Morgan fingerprint density at radius 3 is 2.63 bits per heavy atom. The average molecular weight is 279 g/mol. The van der Waals surface area contributed by atoms with Gasteiger partial charge in [-0.2, -0.15) is 0 Å². The van der Waals surface area contributed by atoms with Crippen LogP contribution in [-0.4, -0.2) is 31.3 Å². The van der Waals surface area contributed by atoms with Gasteiger partial charge in [-0.15, -0.1) is 11.8 Å². The molecule has 1 heterocycles. The Morgan fingerprint density at radius 1 is 1.26 bits per heavy atom. The van der Waals surface area contributed by atoms with E-state index in [1.165, 1.54) is 24.2 Å². The number of carbonyl (C=O) groups excluding carboxylic acids is 1. The molecule has 2 rings (SSSR count). The van der Waals surface area contributed by atoms with Crippen molar-refractivity contribution in [3.8, 4) is 0 Å². The van der Waals surface area contributed by atoms with Gasteiger partial charge in [-0.25, -0.2) is 0 Å². The van der Waals surface area contributed by atoms with Gasteiger partial charge in [0.2, 0.25) is 0 Å². The van der Waals surface area contributed by atoms with Gasteiger partial charge in [0.05, 0.1) is 18.8 Å². The number of nitrogens with one attached hydrogen (secondary N) is 2. The van der Waals surface area contributed by atoms with Crippen molar-refractivity contribution in [3.63, 3.8) is 0 Å². The van der Waals surface area contributed by atoms with Crippen molar-refractivity contribution in [1.82, 2.24) is 0 Å². The Bertz CT molecular complexity index is 430. The van der Waals surface area contributed by atoms with Gasteiger partial charge < -0.3 is 10.2 Å². The number of hydrogen-bond acceptors (Lipinski definition) is 2. The maximum Gasteiger partial charge on any atom is 0.282 e. The summed E-state index contributed by atoms with van der Waals surface area (Å²) in [6.45, 7) is 4.29. The predicted octanol–water partition coefficient (Wildman–Crippen LogP) is 1.80. The third kappa shape index (κ3) is 3.74. The molecule has 1 aliphatic heterocycles. The summed E-state index contributed by atoms with van der Waals surface area (Å²) in [5.41, 5.74) is 0.934. The molecule has 1 aromatic rings. The Kier molecular flexibility index (Phi) is 5.28. The van der Waals surface area contributed by atoms with Gasteiger partial charge in [0, 0.05) is 4.90 Å². The van der Waals surface area contributed by atoms with Crippen molar-refractivity contribution >= 4 is 23.4 Å². The molecule has 0 unspecified atom stereocenters. The zero-order valence-electron chi connectivity index (χ0n) is 11.7. The Morgan fingerprint density at radius 2 is 1.95 bits per heavy atom. The van der Waals surface area contributed by atoms with Crippen LogP contribution >= 0.6 is 11.8 Å². The molecule has 4 heteroatoms. The Hall–Kier alpha value is -1.00. The summed E-state index contributed by atoms with van der Waals surface area (Å²) in [5.74, 6) is 0.137. The minimum absolute atomic E-state index is 0.0372. The zero-order chi connectivity index (χ0) is 13.7. The lowest BCUT2D eigenvalue weighted by Gasteiger charge is -2.28. The van der Waals surface area contributed by atoms with Crippen LogP contribution in [0.3, 0.4) is 0 Å². The number of likely N-dealkylation sites (tertiary alicyclic amines) is 1. The molecule has 1 aliphatic rings. The second-order valence-corrected chi connectivity index (χ2v) is 5.98. The first kappa shape index (κ1) is 14.4. The second-order valence-electron chi connectivity index (χ2n) is 5.13. The third-order valence-corrected chi connectivity index (χ3v) is 4.66. The summed E-state index contributed by atoms with van der Waals surface area (Å²) in [7, 11) is 0. The van der Waals surface area contributed by atoms with Crippen LogP contribution in [0.25, 0.3) is 0 Å². The van der Waals surface area contributed by atoms with E-state index >= 15 is 0 Å². The maximum absolute atomic E-state index is 12.3. The normalized spacial score (nSPS) is 18.0. The molecule has 0 radical (unpaired) electrons. The van der Waals surface area contributed by atoms with E-state index in [0.717, 1.165) is 23.7 Å². The lowest BCUT2D eigenvalue weighted by atomic mass is 10.1. The largest absolute Gasteiger partial charge is 0.325 e. The van der Waals surface area contributed by atoms with Crippen LogP contribution in [0.2, 0.25) is 0 Å². The SMILES string of the molecule is CSc1ccccc1NC(=O)[C@@H](C)[NH+]1CCCCC1. The van der Waals surface area contributed by atoms with Crippen LogP contribution in [0.4, 0.5) is 5.69 Å². The van der Waals surface area contributed by atoms with E-state index in [4.69, 9.17) is 0 Å². The lowest BCUT2D eigenvalue weighted by molar-refractivity contribution is -0.918. The fraction of sp³-hybridized carbons (Fsp3) is 0.533. The van der Waals surface area contributed by atoms with Gasteiger partial charge in [-0.05, 0) is 44.6 Å². The number of hydrogen-bond donors (Lipinski definition) is 2. The van der Waals surface area contributed by atoms with E-state index < -0.39 is 0 Å². The Balaban J connectivity index is 1.99. The molecule has 2 N–H and O–H groups in total. The zero-order valence-corrected chi connectivity index (χ0v) is 12.6. The van der Waals surface area contributed by atoms with Crippen LogP contribution in [0.15, 0.2) is 29.2 Å². The van der Waals surface area contributed by atoms with E-state index in [1.807, 2.05) is 37.4 Å². The first-order valence-electron chi connectivity index (χ1n) is 7.01. The molecule has 19 heavy (non-hydrogen) atoms. The van der Waals surface area contributed by atoms with Crippen molar-refractivity contribution in [1.29, 1.82) is 0 Å². The van der Waals surface area contributed by atoms with Gasteiger partial charge >= 0.3 is 0 Å². The lowest BCUT2D eigenvalue weighted by Crippen LogP contribution is -3.17. The highest BCUT2D eigenvalue weighted by Gasteiger charge is 2.26. The number of piperidine rings is 1. The van der Waals surface area contributed by atoms with Gasteiger partial charge in [0.1, 0.15) is 0 Å². The van der Waals surface area contributed by atoms with Gasteiger partial charge in [0.25, 0.3) is 5.91 Å². The van der Waals surface area contributed by atoms with Crippen LogP contribution < -0.4 is 10.2 Å². The molecule has 0 saturated carbocycles. The smallest absolute Gasteiger partial charge is 0.282 e. The molecule has 104 valence electrons. The molecule has 0 aromatic heterocycles. The molecule has 1 amide bonds. The molecular formula is C15H23N2OS+. The highest BCUT2D eigenvalue weighted by molar-refractivity contribution is 7.98. The van der Waals surface area contributed by atoms with Crippen molar-refractivity contribution in [3.05, 3.63) is 24.3 Å². The number of amides is 1. The summed E-state index contributed by atoms with van der Waals surface area (Å²) in [4.78, 5) is 14.9. The van der Waals surface area contributed by atoms with Crippen LogP contribution in [0.5, 0.6) is 0 Å². The van der Waals surface area contributed by atoms with Gasteiger partial charge in [0.15, 0.2) is 6.04 Å². The quantitative estimate of drug-likeness (QED) is 0.824. The number of para-hydroxylation sites is 1.